The van der Waals surface area contributed by atoms with Crippen molar-refractivity contribution < 1.29 is 14.3 Å². The molecule has 0 unspecified atom stereocenters. The summed E-state index contributed by atoms with van der Waals surface area (Å²) in [4.78, 5) is 14.0. The lowest BCUT2D eigenvalue weighted by Crippen LogP contribution is -2.31. The normalized spacial score (nSPS) is 10.0. The highest BCUT2D eigenvalue weighted by atomic mass is 16.5. The smallest absolute Gasteiger partial charge is 0.256 e. The lowest BCUT2D eigenvalue weighted by atomic mass is 10.1. The second-order valence-electron chi connectivity index (χ2n) is 3.77. The van der Waals surface area contributed by atoms with E-state index >= 15 is 0 Å². The average Bonchev–Trinajstić information content (AvgIpc) is 2.39. The van der Waals surface area contributed by atoms with Gasteiger partial charge in [-0.15, -0.1) is 0 Å². The van der Waals surface area contributed by atoms with E-state index in [1.54, 1.807) is 17.0 Å². The van der Waals surface area contributed by atoms with Gasteiger partial charge in [0.1, 0.15) is 0 Å². The van der Waals surface area contributed by atoms with Crippen LogP contribution in [0, 0.1) is 0 Å². The van der Waals surface area contributed by atoms with Crippen molar-refractivity contribution in [1.29, 1.82) is 0 Å². The summed E-state index contributed by atoms with van der Waals surface area (Å²) in [6.45, 7) is 5.14. The SMILES string of the molecule is CCN(CC)C(=O)c1cc(OC)c(OC)cc1N. The molecular formula is C13H20N2O3. The number of carbonyl (C=O) groups excluding carboxylic acids is 1. The fourth-order valence-corrected chi connectivity index (χ4v) is 1.76. The van der Waals surface area contributed by atoms with Gasteiger partial charge in [-0.3, -0.25) is 4.79 Å². The predicted octanol–water partition coefficient (Wildman–Crippen LogP) is 1.77. The molecular weight excluding hydrogens is 232 g/mol. The standard InChI is InChI=1S/C13H20N2O3/c1-5-15(6-2)13(16)9-7-11(17-3)12(18-4)8-10(9)14/h7-8H,5-6,14H2,1-4H3. The number of hydrogen-bond donors (Lipinski definition) is 1. The van der Waals surface area contributed by atoms with Crippen LogP contribution in [0.25, 0.3) is 0 Å². The van der Waals surface area contributed by atoms with Crippen LogP contribution in [0.2, 0.25) is 0 Å². The lowest BCUT2D eigenvalue weighted by Gasteiger charge is -2.20. The second kappa shape index (κ2) is 6.14. The van der Waals surface area contributed by atoms with E-state index in [-0.39, 0.29) is 5.91 Å². The molecule has 0 saturated heterocycles. The molecule has 5 heteroatoms. The molecule has 0 aliphatic rings. The maximum absolute atomic E-state index is 12.2. The summed E-state index contributed by atoms with van der Waals surface area (Å²) in [5.41, 5.74) is 6.72. The van der Waals surface area contributed by atoms with Gasteiger partial charge >= 0.3 is 0 Å². The van der Waals surface area contributed by atoms with Crippen LogP contribution in [0.5, 0.6) is 11.5 Å². The van der Waals surface area contributed by atoms with Crippen LogP contribution in [0.3, 0.4) is 0 Å². The molecule has 1 amide bonds. The van der Waals surface area contributed by atoms with Gasteiger partial charge in [0.25, 0.3) is 5.91 Å². The Kier molecular flexibility index (Phi) is 4.83. The van der Waals surface area contributed by atoms with Gasteiger partial charge in [0, 0.05) is 24.8 Å². The minimum atomic E-state index is -0.0987. The average molecular weight is 252 g/mol. The summed E-state index contributed by atoms with van der Waals surface area (Å²) >= 11 is 0. The summed E-state index contributed by atoms with van der Waals surface area (Å²) in [6, 6.07) is 3.23. The molecule has 0 spiro atoms. The molecule has 1 aromatic carbocycles. The molecule has 2 N–H and O–H groups in total. The summed E-state index contributed by atoms with van der Waals surface area (Å²) in [5, 5.41) is 0. The molecule has 5 nitrogen and oxygen atoms in total. The summed E-state index contributed by atoms with van der Waals surface area (Å²) in [5.74, 6) is 0.923. The fourth-order valence-electron chi connectivity index (χ4n) is 1.76. The first-order chi connectivity index (χ1) is 8.58. The van der Waals surface area contributed by atoms with Crippen LogP contribution in [-0.2, 0) is 0 Å². The number of anilines is 1. The van der Waals surface area contributed by atoms with Gasteiger partial charge in [-0.25, -0.2) is 0 Å². The predicted molar refractivity (Wildman–Crippen MR) is 71.2 cm³/mol. The third-order valence-corrected chi connectivity index (χ3v) is 2.84. The van der Waals surface area contributed by atoms with Gasteiger partial charge in [0.05, 0.1) is 19.8 Å². The van der Waals surface area contributed by atoms with Crippen molar-refractivity contribution in [3.63, 3.8) is 0 Å². The Morgan fingerprint density at radius 1 is 1.17 bits per heavy atom. The third kappa shape index (κ3) is 2.67. The van der Waals surface area contributed by atoms with Crippen molar-refractivity contribution in [3.8, 4) is 11.5 Å². The zero-order chi connectivity index (χ0) is 13.7. The van der Waals surface area contributed by atoms with Crippen molar-refractivity contribution in [1.82, 2.24) is 4.90 Å². The van der Waals surface area contributed by atoms with Crippen molar-refractivity contribution >= 4 is 11.6 Å². The highest BCUT2D eigenvalue weighted by Gasteiger charge is 2.18. The number of nitrogens with two attached hydrogens (primary N) is 1. The monoisotopic (exact) mass is 252 g/mol. The third-order valence-electron chi connectivity index (χ3n) is 2.84. The zero-order valence-electron chi connectivity index (χ0n) is 11.3. The maximum atomic E-state index is 12.2. The Balaban J connectivity index is 3.20. The Morgan fingerprint density at radius 2 is 1.67 bits per heavy atom. The van der Waals surface area contributed by atoms with E-state index in [1.165, 1.54) is 14.2 Å². The second-order valence-corrected chi connectivity index (χ2v) is 3.77. The minimum absolute atomic E-state index is 0.0987. The van der Waals surface area contributed by atoms with E-state index in [4.69, 9.17) is 15.2 Å². The number of methoxy groups -OCH3 is 2. The molecule has 0 bridgehead atoms. The summed E-state index contributed by atoms with van der Waals surface area (Å²) < 4.78 is 10.3. The largest absolute Gasteiger partial charge is 0.493 e. The first kappa shape index (κ1) is 14.2. The molecule has 0 aromatic heterocycles. The van der Waals surface area contributed by atoms with Crippen LogP contribution in [0.15, 0.2) is 12.1 Å². The molecule has 0 aliphatic heterocycles. The number of benzene rings is 1. The van der Waals surface area contributed by atoms with Crippen molar-refractivity contribution in [2.45, 2.75) is 13.8 Å². The topological polar surface area (TPSA) is 64.8 Å². The number of nitrogen functional groups attached to an aromatic ring is 1. The van der Waals surface area contributed by atoms with E-state index in [0.717, 1.165) is 0 Å². The Labute approximate surface area is 107 Å². The van der Waals surface area contributed by atoms with E-state index in [2.05, 4.69) is 0 Å². The summed E-state index contributed by atoms with van der Waals surface area (Å²) in [6.07, 6.45) is 0. The van der Waals surface area contributed by atoms with Gasteiger partial charge in [-0.2, -0.15) is 0 Å². The highest BCUT2D eigenvalue weighted by molar-refractivity contribution is 6.00. The number of nitrogens with zero attached hydrogens (tertiary/aromatic N) is 1. The molecule has 0 radical (unpaired) electrons. The molecule has 18 heavy (non-hydrogen) atoms. The number of rotatable bonds is 5. The van der Waals surface area contributed by atoms with Gasteiger partial charge in [-0.1, -0.05) is 0 Å². The molecule has 0 aliphatic carbocycles. The Bertz CT molecular complexity index is 428. The Morgan fingerprint density at radius 3 is 2.11 bits per heavy atom. The van der Waals surface area contributed by atoms with Crippen LogP contribution in [-0.4, -0.2) is 38.1 Å². The molecule has 0 heterocycles. The van der Waals surface area contributed by atoms with Gasteiger partial charge in [0.2, 0.25) is 0 Å². The van der Waals surface area contributed by atoms with Gasteiger partial charge in [-0.05, 0) is 19.9 Å². The zero-order valence-corrected chi connectivity index (χ0v) is 11.3. The van der Waals surface area contributed by atoms with E-state index in [9.17, 15) is 4.79 Å². The van der Waals surface area contributed by atoms with Crippen LogP contribution < -0.4 is 15.2 Å². The molecule has 100 valence electrons. The minimum Gasteiger partial charge on any atom is -0.493 e. The molecule has 0 atom stereocenters. The van der Waals surface area contributed by atoms with Gasteiger partial charge in [0.15, 0.2) is 11.5 Å². The van der Waals surface area contributed by atoms with Crippen LogP contribution in [0.4, 0.5) is 5.69 Å². The number of carbonyl (C=O) groups is 1. The number of amides is 1. The lowest BCUT2D eigenvalue weighted by molar-refractivity contribution is 0.0773. The van der Waals surface area contributed by atoms with E-state index < -0.39 is 0 Å². The summed E-state index contributed by atoms with van der Waals surface area (Å²) in [7, 11) is 3.06. The van der Waals surface area contributed by atoms with E-state index in [1.807, 2.05) is 13.8 Å². The molecule has 1 aromatic rings. The van der Waals surface area contributed by atoms with Crippen molar-refractivity contribution in [3.05, 3.63) is 17.7 Å². The molecule has 1 rings (SSSR count). The van der Waals surface area contributed by atoms with Crippen LogP contribution in [0.1, 0.15) is 24.2 Å². The van der Waals surface area contributed by atoms with Crippen LogP contribution >= 0.6 is 0 Å². The first-order valence-electron chi connectivity index (χ1n) is 5.89. The Hall–Kier alpha value is -1.91. The fraction of sp³-hybridized carbons (Fsp3) is 0.462. The molecule has 0 saturated carbocycles. The number of ether oxygens (including phenoxy) is 2. The highest BCUT2D eigenvalue weighted by Crippen LogP contribution is 2.32. The number of hydrogen-bond acceptors (Lipinski definition) is 4. The van der Waals surface area contributed by atoms with Crippen molar-refractivity contribution in [2.75, 3.05) is 33.0 Å². The van der Waals surface area contributed by atoms with Gasteiger partial charge < -0.3 is 20.1 Å². The van der Waals surface area contributed by atoms with E-state index in [0.29, 0.717) is 35.8 Å². The maximum Gasteiger partial charge on any atom is 0.256 e. The van der Waals surface area contributed by atoms with Crippen molar-refractivity contribution in [2.24, 2.45) is 0 Å². The first-order valence-corrected chi connectivity index (χ1v) is 5.89. The molecule has 0 fully saturated rings. The quantitative estimate of drug-likeness (QED) is 0.811.